The second-order valence-electron chi connectivity index (χ2n) is 4.57. The summed E-state index contributed by atoms with van der Waals surface area (Å²) in [6, 6.07) is 0. The van der Waals surface area contributed by atoms with E-state index in [2.05, 4.69) is 15.0 Å². The van der Waals surface area contributed by atoms with Gasteiger partial charge in [0.15, 0.2) is 11.5 Å². The zero-order chi connectivity index (χ0) is 13.4. The van der Waals surface area contributed by atoms with Crippen molar-refractivity contribution in [3.05, 3.63) is 12.7 Å². The Hall–Kier alpha value is -1.38. The third-order valence-corrected chi connectivity index (χ3v) is 5.09. The lowest BCUT2D eigenvalue weighted by atomic mass is 10.0. The van der Waals surface area contributed by atoms with E-state index < -0.39 is 0 Å². The Morgan fingerprint density at radius 2 is 2.16 bits per heavy atom. The van der Waals surface area contributed by atoms with E-state index in [1.807, 2.05) is 4.57 Å². The third kappa shape index (κ3) is 2.05. The average molecular weight is 281 g/mol. The highest BCUT2D eigenvalue weighted by molar-refractivity contribution is 8.00. The normalized spacial score (nSPS) is 27.2. The number of rotatable bonds is 3. The van der Waals surface area contributed by atoms with Gasteiger partial charge in [0.2, 0.25) is 0 Å². The number of nitrogen functional groups attached to an aromatic ring is 1. The molecule has 1 aliphatic heterocycles. The van der Waals surface area contributed by atoms with Gasteiger partial charge in [0.25, 0.3) is 0 Å². The van der Waals surface area contributed by atoms with Crippen LogP contribution in [-0.2, 0) is 0 Å². The Kier molecular flexibility index (Phi) is 3.29. The van der Waals surface area contributed by atoms with Crippen LogP contribution in [0.4, 0.5) is 5.82 Å². The van der Waals surface area contributed by atoms with Gasteiger partial charge in [0, 0.05) is 11.9 Å². The molecule has 2 aromatic heterocycles. The van der Waals surface area contributed by atoms with Gasteiger partial charge in [-0.2, -0.15) is 0 Å². The van der Waals surface area contributed by atoms with Crippen LogP contribution in [0.5, 0.6) is 0 Å². The van der Waals surface area contributed by atoms with Crippen molar-refractivity contribution in [3.8, 4) is 0 Å². The van der Waals surface area contributed by atoms with Gasteiger partial charge in [-0.3, -0.25) is 0 Å². The molecule has 3 heterocycles. The van der Waals surface area contributed by atoms with Gasteiger partial charge < -0.3 is 20.5 Å². The second-order valence-corrected chi connectivity index (χ2v) is 5.99. The van der Waals surface area contributed by atoms with Crippen molar-refractivity contribution in [1.29, 1.82) is 0 Å². The molecule has 0 bridgehead atoms. The van der Waals surface area contributed by atoms with Crippen molar-refractivity contribution in [1.82, 2.24) is 19.5 Å². The summed E-state index contributed by atoms with van der Waals surface area (Å²) < 4.78 is 1.94. The lowest BCUT2D eigenvalue weighted by Gasteiger charge is -2.12. The molecule has 3 atom stereocenters. The SMILES string of the molecule is Nc1ncnc2c1ncn2C1C[C@@H](CO)[C@@H](CO)S1. The highest BCUT2D eigenvalue weighted by Gasteiger charge is 2.35. The minimum absolute atomic E-state index is 0.0478. The molecule has 7 nitrogen and oxygen atoms in total. The lowest BCUT2D eigenvalue weighted by Crippen LogP contribution is -2.18. The van der Waals surface area contributed by atoms with Crippen LogP contribution < -0.4 is 5.73 Å². The molecular formula is C11H15N5O2S. The van der Waals surface area contributed by atoms with Gasteiger partial charge in [0.05, 0.1) is 18.3 Å². The summed E-state index contributed by atoms with van der Waals surface area (Å²) in [5.41, 5.74) is 7.05. The summed E-state index contributed by atoms with van der Waals surface area (Å²) in [6.45, 7) is 0.147. The highest BCUT2D eigenvalue weighted by atomic mass is 32.2. The van der Waals surface area contributed by atoms with Crippen LogP contribution in [0.15, 0.2) is 12.7 Å². The van der Waals surface area contributed by atoms with Crippen LogP contribution >= 0.6 is 11.8 Å². The second kappa shape index (κ2) is 4.95. The standard InChI is InChI=1S/C11H15N5O2S/c12-10-9-11(14-4-13-10)16(5-15-9)8-1-6(2-17)7(3-18)19-8/h4-8,17-18H,1-3H2,(H2,12,13,14)/t6-,7+,8?/m0/s1. The largest absolute Gasteiger partial charge is 0.396 e. The predicted molar refractivity (Wildman–Crippen MR) is 72.4 cm³/mol. The van der Waals surface area contributed by atoms with Crippen molar-refractivity contribution < 1.29 is 10.2 Å². The van der Waals surface area contributed by atoms with Gasteiger partial charge in [-0.05, 0) is 12.3 Å². The third-order valence-electron chi connectivity index (χ3n) is 3.47. The molecule has 0 saturated carbocycles. The van der Waals surface area contributed by atoms with E-state index in [1.165, 1.54) is 6.33 Å². The molecule has 1 unspecified atom stereocenters. The molecular weight excluding hydrogens is 266 g/mol. The summed E-state index contributed by atoms with van der Waals surface area (Å²) in [5.74, 6) is 0.459. The van der Waals surface area contributed by atoms with Gasteiger partial charge in [-0.25, -0.2) is 15.0 Å². The molecule has 1 aliphatic rings. The van der Waals surface area contributed by atoms with Gasteiger partial charge in [0.1, 0.15) is 11.8 Å². The number of anilines is 1. The van der Waals surface area contributed by atoms with Crippen molar-refractivity contribution >= 4 is 28.7 Å². The number of aliphatic hydroxyl groups excluding tert-OH is 2. The number of imidazole rings is 1. The summed E-state index contributed by atoms with van der Waals surface area (Å²) in [4.78, 5) is 12.4. The first-order valence-corrected chi connectivity index (χ1v) is 6.99. The molecule has 102 valence electrons. The number of aromatic nitrogens is 4. The zero-order valence-corrected chi connectivity index (χ0v) is 11.0. The number of aliphatic hydroxyl groups is 2. The van der Waals surface area contributed by atoms with Crippen LogP contribution in [0.1, 0.15) is 11.8 Å². The number of nitrogens with two attached hydrogens (primary N) is 1. The smallest absolute Gasteiger partial charge is 0.166 e. The lowest BCUT2D eigenvalue weighted by molar-refractivity contribution is 0.188. The monoisotopic (exact) mass is 281 g/mol. The molecule has 8 heteroatoms. The molecule has 0 aromatic carbocycles. The topological polar surface area (TPSA) is 110 Å². The zero-order valence-electron chi connectivity index (χ0n) is 10.2. The van der Waals surface area contributed by atoms with Crippen molar-refractivity contribution in [2.45, 2.75) is 17.0 Å². The molecule has 3 rings (SSSR count). The van der Waals surface area contributed by atoms with Gasteiger partial charge in [-0.1, -0.05) is 0 Å². The maximum absolute atomic E-state index is 9.35. The highest BCUT2D eigenvalue weighted by Crippen LogP contribution is 2.45. The maximum Gasteiger partial charge on any atom is 0.166 e. The fraction of sp³-hybridized carbons (Fsp3) is 0.545. The first-order chi connectivity index (χ1) is 9.24. The fourth-order valence-corrected chi connectivity index (χ4v) is 3.98. The molecule has 0 spiro atoms. The molecule has 19 heavy (non-hydrogen) atoms. The number of thioether (sulfide) groups is 1. The summed E-state index contributed by atoms with van der Waals surface area (Å²) >= 11 is 1.63. The first kappa shape index (κ1) is 12.6. The van der Waals surface area contributed by atoms with Crippen molar-refractivity contribution in [3.63, 3.8) is 0 Å². The van der Waals surface area contributed by atoms with Crippen LogP contribution in [0.3, 0.4) is 0 Å². The number of hydrogen-bond acceptors (Lipinski definition) is 7. The van der Waals surface area contributed by atoms with E-state index >= 15 is 0 Å². The quantitative estimate of drug-likeness (QED) is 0.727. The van der Waals surface area contributed by atoms with Crippen LogP contribution in [0.25, 0.3) is 11.2 Å². The van der Waals surface area contributed by atoms with Crippen LogP contribution in [0.2, 0.25) is 0 Å². The average Bonchev–Trinajstić information content (AvgIpc) is 3.02. The van der Waals surface area contributed by atoms with E-state index in [1.54, 1.807) is 18.1 Å². The number of hydrogen-bond donors (Lipinski definition) is 3. The summed E-state index contributed by atoms with van der Waals surface area (Å²) in [6.07, 6.45) is 3.89. The molecule has 0 aliphatic carbocycles. The number of nitrogens with zero attached hydrogens (tertiary/aromatic N) is 4. The Labute approximate surface area is 113 Å². The van der Waals surface area contributed by atoms with Crippen molar-refractivity contribution in [2.75, 3.05) is 18.9 Å². The summed E-state index contributed by atoms with van der Waals surface area (Å²) in [5, 5.41) is 18.8. The minimum atomic E-state index is 0.0478. The Bertz CT molecular complexity index is 577. The molecule has 0 radical (unpaired) electrons. The molecule has 4 N–H and O–H groups in total. The molecule has 2 aromatic rings. The molecule has 1 fully saturated rings. The van der Waals surface area contributed by atoms with E-state index in [0.29, 0.717) is 17.0 Å². The van der Waals surface area contributed by atoms with Crippen LogP contribution in [0, 0.1) is 5.92 Å². The van der Waals surface area contributed by atoms with E-state index in [-0.39, 0.29) is 29.8 Å². The summed E-state index contributed by atoms with van der Waals surface area (Å²) in [7, 11) is 0. The Morgan fingerprint density at radius 3 is 2.84 bits per heavy atom. The van der Waals surface area contributed by atoms with E-state index in [0.717, 1.165) is 6.42 Å². The molecule has 0 amide bonds. The minimum Gasteiger partial charge on any atom is -0.396 e. The van der Waals surface area contributed by atoms with Gasteiger partial charge >= 0.3 is 0 Å². The number of fused-ring (bicyclic) bond motifs is 1. The van der Waals surface area contributed by atoms with E-state index in [4.69, 9.17) is 5.73 Å². The maximum atomic E-state index is 9.35. The van der Waals surface area contributed by atoms with Crippen molar-refractivity contribution in [2.24, 2.45) is 5.92 Å². The Balaban J connectivity index is 1.95. The Morgan fingerprint density at radius 1 is 1.32 bits per heavy atom. The first-order valence-electron chi connectivity index (χ1n) is 6.04. The predicted octanol–water partition coefficient (Wildman–Crippen LogP) is 0.0134. The fourth-order valence-electron chi connectivity index (χ4n) is 2.42. The van der Waals surface area contributed by atoms with Gasteiger partial charge in [-0.15, -0.1) is 11.8 Å². The van der Waals surface area contributed by atoms with Crippen LogP contribution in [-0.4, -0.2) is 48.2 Å². The molecule has 1 saturated heterocycles. The van der Waals surface area contributed by atoms with E-state index in [9.17, 15) is 10.2 Å².